The molecule has 1 saturated heterocycles. The van der Waals surface area contributed by atoms with Crippen LogP contribution in [0.4, 0.5) is 5.69 Å². The van der Waals surface area contributed by atoms with Crippen LogP contribution in [-0.2, 0) is 4.74 Å². The molecule has 0 amide bonds. The average molecular weight is 288 g/mol. The number of anilines is 1. The SMILES string of the molecule is COC(C)c1oc(=O)c2ccccc2c1N1CCNCC1. The van der Waals surface area contributed by atoms with Crippen LogP contribution in [-0.4, -0.2) is 33.3 Å². The molecular weight excluding hydrogens is 268 g/mol. The number of benzene rings is 1. The Balaban J connectivity index is 2.26. The lowest BCUT2D eigenvalue weighted by Crippen LogP contribution is -2.44. The first-order valence-corrected chi connectivity index (χ1v) is 7.26. The normalized spacial score (nSPS) is 17.1. The molecular formula is C16H20N2O3. The second kappa shape index (κ2) is 5.87. The van der Waals surface area contributed by atoms with E-state index in [0.717, 1.165) is 37.3 Å². The topological polar surface area (TPSA) is 54.7 Å². The van der Waals surface area contributed by atoms with E-state index >= 15 is 0 Å². The van der Waals surface area contributed by atoms with Gasteiger partial charge in [-0.25, -0.2) is 4.79 Å². The molecule has 1 aromatic heterocycles. The van der Waals surface area contributed by atoms with Gasteiger partial charge in [0, 0.05) is 38.7 Å². The summed E-state index contributed by atoms with van der Waals surface area (Å²) < 4.78 is 11.0. The van der Waals surface area contributed by atoms with Crippen LogP contribution in [0.25, 0.3) is 10.8 Å². The van der Waals surface area contributed by atoms with Gasteiger partial charge in [0.2, 0.25) is 0 Å². The molecule has 0 bridgehead atoms. The van der Waals surface area contributed by atoms with Crippen molar-refractivity contribution >= 4 is 16.5 Å². The lowest BCUT2D eigenvalue weighted by molar-refractivity contribution is 0.0973. The summed E-state index contributed by atoms with van der Waals surface area (Å²) in [6, 6.07) is 7.61. The van der Waals surface area contributed by atoms with Crippen LogP contribution < -0.4 is 15.8 Å². The molecule has 5 heteroatoms. The fourth-order valence-corrected chi connectivity index (χ4v) is 2.80. The molecule has 2 heterocycles. The quantitative estimate of drug-likeness (QED) is 0.935. The van der Waals surface area contributed by atoms with Crippen LogP contribution in [0.3, 0.4) is 0 Å². The highest BCUT2D eigenvalue weighted by Crippen LogP contribution is 2.33. The van der Waals surface area contributed by atoms with Gasteiger partial charge in [-0.15, -0.1) is 0 Å². The van der Waals surface area contributed by atoms with Gasteiger partial charge in [-0.3, -0.25) is 0 Å². The summed E-state index contributed by atoms with van der Waals surface area (Å²) in [7, 11) is 1.63. The number of nitrogens with zero attached hydrogens (tertiary/aromatic N) is 1. The van der Waals surface area contributed by atoms with Gasteiger partial charge < -0.3 is 19.4 Å². The van der Waals surface area contributed by atoms with Gasteiger partial charge >= 0.3 is 5.63 Å². The van der Waals surface area contributed by atoms with Gasteiger partial charge in [0.05, 0.1) is 11.1 Å². The Morgan fingerprint density at radius 3 is 2.57 bits per heavy atom. The molecule has 2 aromatic rings. The fourth-order valence-electron chi connectivity index (χ4n) is 2.80. The van der Waals surface area contributed by atoms with Gasteiger partial charge in [0.25, 0.3) is 0 Å². The van der Waals surface area contributed by atoms with Gasteiger partial charge in [0.15, 0.2) is 5.76 Å². The number of rotatable bonds is 3. The molecule has 21 heavy (non-hydrogen) atoms. The summed E-state index contributed by atoms with van der Waals surface area (Å²) in [5.41, 5.74) is 0.685. The maximum atomic E-state index is 12.2. The van der Waals surface area contributed by atoms with Gasteiger partial charge in [-0.1, -0.05) is 18.2 Å². The van der Waals surface area contributed by atoms with E-state index in [9.17, 15) is 4.79 Å². The number of hydrogen-bond donors (Lipinski definition) is 1. The molecule has 1 aliphatic rings. The molecule has 0 saturated carbocycles. The molecule has 1 fully saturated rings. The Labute approximate surface area is 123 Å². The minimum atomic E-state index is -0.302. The number of methoxy groups -OCH3 is 1. The van der Waals surface area contributed by atoms with Crippen molar-refractivity contribution in [2.24, 2.45) is 0 Å². The third-order valence-electron chi connectivity index (χ3n) is 3.99. The van der Waals surface area contributed by atoms with Crippen molar-refractivity contribution in [2.45, 2.75) is 13.0 Å². The van der Waals surface area contributed by atoms with Crippen LogP contribution in [0.2, 0.25) is 0 Å². The maximum Gasteiger partial charge on any atom is 0.344 e. The van der Waals surface area contributed by atoms with Gasteiger partial charge in [-0.2, -0.15) is 0 Å². The largest absolute Gasteiger partial charge is 0.422 e. The molecule has 1 atom stereocenters. The first kappa shape index (κ1) is 14.1. The Bertz CT molecular complexity index is 689. The van der Waals surface area contributed by atoms with Crippen LogP contribution in [0.5, 0.6) is 0 Å². The molecule has 0 radical (unpaired) electrons. The number of piperazine rings is 1. The van der Waals surface area contributed by atoms with E-state index in [0.29, 0.717) is 11.1 Å². The van der Waals surface area contributed by atoms with E-state index in [2.05, 4.69) is 10.2 Å². The van der Waals surface area contributed by atoms with Crippen LogP contribution in [0.15, 0.2) is 33.5 Å². The second-order valence-electron chi connectivity index (χ2n) is 5.26. The summed E-state index contributed by atoms with van der Waals surface area (Å²) in [5, 5.41) is 4.90. The average Bonchev–Trinajstić information content (AvgIpc) is 2.55. The number of ether oxygens (including phenoxy) is 1. The number of fused-ring (bicyclic) bond motifs is 1. The smallest absolute Gasteiger partial charge is 0.344 e. The van der Waals surface area contributed by atoms with Crippen molar-refractivity contribution < 1.29 is 9.15 Å². The summed E-state index contributed by atoms with van der Waals surface area (Å²) in [4.78, 5) is 14.5. The number of nitrogens with one attached hydrogen (secondary N) is 1. The summed E-state index contributed by atoms with van der Waals surface area (Å²) >= 11 is 0. The fraction of sp³-hybridized carbons (Fsp3) is 0.438. The third-order valence-corrected chi connectivity index (χ3v) is 3.99. The Hall–Kier alpha value is -1.85. The van der Waals surface area contributed by atoms with Crippen LogP contribution in [0, 0.1) is 0 Å². The van der Waals surface area contributed by atoms with E-state index in [-0.39, 0.29) is 11.7 Å². The highest BCUT2D eigenvalue weighted by Gasteiger charge is 2.24. The van der Waals surface area contributed by atoms with Crippen molar-refractivity contribution in [3.8, 4) is 0 Å². The predicted molar refractivity (Wildman–Crippen MR) is 83.0 cm³/mol. The molecule has 1 aromatic carbocycles. The van der Waals surface area contributed by atoms with Crippen molar-refractivity contribution in [1.29, 1.82) is 0 Å². The lowest BCUT2D eigenvalue weighted by Gasteiger charge is -2.32. The van der Waals surface area contributed by atoms with E-state index in [4.69, 9.17) is 9.15 Å². The van der Waals surface area contributed by atoms with E-state index < -0.39 is 0 Å². The molecule has 3 rings (SSSR count). The minimum Gasteiger partial charge on any atom is -0.422 e. The molecule has 112 valence electrons. The Kier molecular flexibility index (Phi) is 3.94. The van der Waals surface area contributed by atoms with Gasteiger partial charge in [-0.05, 0) is 13.0 Å². The molecule has 1 unspecified atom stereocenters. The summed E-state index contributed by atoms with van der Waals surface area (Å²) in [5.74, 6) is 0.614. The standard InChI is InChI=1S/C16H20N2O3/c1-11(20-2)15-14(18-9-7-17-8-10-18)12-5-3-4-6-13(12)16(19)21-15/h3-6,11,17H,7-10H2,1-2H3. The van der Waals surface area contributed by atoms with Crippen molar-refractivity contribution in [3.05, 3.63) is 40.4 Å². The van der Waals surface area contributed by atoms with Crippen LogP contribution >= 0.6 is 0 Å². The highest BCUT2D eigenvalue weighted by atomic mass is 16.5. The molecule has 0 aliphatic carbocycles. The van der Waals surface area contributed by atoms with E-state index in [1.54, 1.807) is 7.11 Å². The monoisotopic (exact) mass is 288 g/mol. The van der Waals surface area contributed by atoms with E-state index in [1.807, 2.05) is 31.2 Å². The highest BCUT2D eigenvalue weighted by molar-refractivity contribution is 5.94. The van der Waals surface area contributed by atoms with Crippen molar-refractivity contribution in [1.82, 2.24) is 5.32 Å². The maximum absolute atomic E-state index is 12.2. The summed E-state index contributed by atoms with van der Waals surface area (Å²) in [6.07, 6.45) is -0.257. The summed E-state index contributed by atoms with van der Waals surface area (Å²) in [6.45, 7) is 5.53. The molecule has 1 N–H and O–H groups in total. The van der Waals surface area contributed by atoms with E-state index in [1.165, 1.54) is 0 Å². The first-order valence-electron chi connectivity index (χ1n) is 7.26. The minimum absolute atomic E-state index is 0.257. The molecule has 1 aliphatic heterocycles. The lowest BCUT2D eigenvalue weighted by atomic mass is 10.1. The second-order valence-corrected chi connectivity index (χ2v) is 5.26. The first-order chi connectivity index (χ1) is 10.2. The van der Waals surface area contributed by atoms with Crippen molar-refractivity contribution in [2.75, 3.05) is 38.2 Å². The zero-order valence-electron chi connectivity index (χ0n) is 12.4. The van der Waals surface area contributed by atoms with Crippen molar-refractivity contribution in [3.63, 3.8) is 0 Å². The Morgan fingerprint density at radius 2 is 1.90 bits per heavy atom. The zero-order valence-corrected chi connectivity index (χ0v) is 12.4. The Morgan fingerprint density at radius 1 is 1.24 bits per heavy atom. The number of hydrogen-bond acceptors (Lipinski definition) is 5. The molecule has 0 spiro atoms. The predicted octanol–water partition coefficient (Wildman–Crippen LogP) is 1.91. The third kappa shape index (κ3) is 2.54. The molecule has 5 nitrogen and oxygen atoms in total. The van der Waals surface area contributed by atoms with Crippen LogP contribution in [0.1, 0.15) is 18.8 Å². The zero-order chi connectivity index (χ0) is 14.8. The van der Waals surface area contributed by atoms with Gasteiger partial charge in [0.1, 0.15) is 6.10 Å².